The van der Waals surface area contributed by atoms with Gasteiger partial charge in [0, 0.05) is 25.3 Å². The summed E-state index contributed by atoms with van der Waals surface area (Å²) in [5.74, 6) is -2.35. The SMILES string of the molecule is CN(C)CCN(C)Cc1ccc(N=C(c2ccc(CC(=O)O)cc2)C2C(=O)Nc3cc(F)ccc32)cc1. The zero-order valence-electron chi connectivity index (χ0n) is 21.2. The van der Waals surface area contributed by atoms with Crippen LogP contribution in [0.1, 0.15) is 28.2 Å². The number of carboxylic acid groups (broad SMARTS) is 1. The van der Waals surface area contributed by atoms with Crippen molar-refractivity contribution in [3.63, 3.8) is 0 Å². The molecule has 3 aromatic rings. The number of amides is 1. The van der Waals surface area contributed by atoms with Crippen molar-refractivity contribution >= 4 is 29.0 Å². The van der Waals surface area contributed by atoms with Crippen LogP contribution in [-0.2, 0) is 22.6 Å². The van der Waals surface area contributed by atoms with Crippen molar-refractivity contribution in [3.8, 4) is 0 Å². The molecule has 1 unspecified atom stereocenters. The molecule has 3 aromatic carbocycles. The molecule has 0 spiro atoms. The van der Waals surface area contributed by atoms with Gasteiger partial charge in [0.1, 0.15) is 11.7 Å². The Labute approximate surface area is 216 Å². The summed E-state index contributed by atoms with van der Waals surface area (Å²) in [5.41, 5.74) is 4.78. The molecule has 1 aliphatic rings. The first-order valence-corrected chi connectivity index (χ1v) is 12.1. The van der Waals surface area contributed by atoms with E-state index in [1.54, 1.807) is 30.3 Å². The van der Waals surface area contributed by atoms with Crippen LogP contribution in [0.4, 0.5) is 15.8 Å². The number of hydrogen-bond acceptors (Lipinski definition) is 5. The number of carboxylic acids is 1. The van der Waals surface area contributed by atoms with Gasteiger partial charge in [0.15, 0.2) is 0 Å². The Kier molecular flexibility index (Phi) is 8.11. The molecule has 0 radical (unpaired) electrons. The second kappa shape index (κ2) is 11.5. The van der Waals surface area contributed by atoms with Crippen molar-refractivity contribution in [2.24, 2.45) is 4.99 Å². The maximum absolute atomic E-state index is 13.8. The summed E-state index contributed by atoms with van der Waals surface area (Å²) in [6, 6.07) is 19.2. The molecule has 1 aliphatic heterocycles. The van der Waals surface area contributed by atoms with Crippen LogP contribution in [0.3, 0.4) is 0 Å². The highest BCUT2D eigenvalue weighted by molar-refractivity contribution is 6.24. The zero-order chi connectivity index (χ0) is 26.5. The number of rotatable bonds is 10. The predicted octanol–water partition coefficient (Wildman–Crippen LogP) is 4.30. The molecule has 1 amide bonds. The number of likely N-dealkylation sites (N-methyl/N-ethyl adjacent to an activating group) is 2. The summed E-state index contributed by atoms with van der Waals surface area (Å²) in [7, 11) is 6.19. The maximum Gasteiger partial charge on any atom is 0.307 e. The fourth-order valence-corrected chi connectivity index (χ4v) is 4.35. The lowest BCUT2D eigenvalue weighted by molar-refractivity contribution is -0.136. The lowest BCUT2D eigenvalue weighted by Crippen LogP contribution is -2.28. The molecule has 0 aromatic heterocycles. The van der Waals surface area contributed by atoms with Gasteiger partial charge in [-0.15, -0.1) is 0 Å². The Balaban J connectivity index is 1.66. The topological polar surface area (TPSA) is 85.2 Å². The fraction of sp³-hybridized carbons (Fsp3) is 0.276. The molecule has 4 rings (SSSR count). The summed E-state index contributed by atoms with van der Waals surface area (Å²) in [5, 5.41) is 11.9. The Morgan fingerprint density at radius 3 is 2.30 bits per heavy atom. The molecule has 1 atom stereocenters. The normalized spacial score (nSPS) is 15.2. The van der Waals surface area contributed by atoms with Crippen LogP contribution in [0.15, 0.2) is 71.7 Å². The highest BCUT2D eigenvalue weighted by Gasteiger charge is 2.35. The van der Waals surface area contributed by atoms with E-state index < -0.39 is 17.7 Å². The quantitative estimate of drug-likeness (QED) is 0.404. The van der Waals surface area contributed by atoms with Crippen LogP contribution >= 0.6 is 0 Å². The molecule has 1 heterocycles. The van der Waals surface area contributed by atoms with Crippen molar-refractivity contribution in [2.45, 2.75) is 18.9 Å². The number of fused-ring (bicyclic) bond motifs is 1. The lowest BCUT2D eigenvalue weighted by Gasteiger charge is -2.19. The van der Waals surface area contributed by atoms with Gasteiger partial charge in [-0.3, -0.25) is 14.6 Å². The van der Waals surface area contributed by atoms with Gasteiger partial charge in [0.25, 0.3) is 0 Å². The van der Waals surface area contributed by atoms with E-state index in [1.165, 1.54) is 12.1 Å². The first-order chi connectivity index (χ1) is 17.7. The molecule has 0 fully saturated rings. The van der Waals surface area contributed by atoms with E-state index in [4.69, 9.17) is 10.1 Å². The van der Waals surface area contributed by atoms with Gasteiger partial charge in [-0.25, -0.2) is 4.39 Å². The standard InChI is InChI=1S/C29H31FN4O3/c1-33(2)14-15-34(3)18-20-6-11-23(12-7-20)31-28(21-8-4-19(5-9-21)16-26(35)36)27-24-13-10-22(30)17-25(24)32-29(27)37/h4-13,17,27H,14-16,18H2,1-3H3,(H,32,37)(H,35,36). The van der Waals surface area contributed by atoms with E-state index in [2.05, 4.69) is 36.3 Å². The van der Waals surface area contributed by atoms with Gasteiger partial charge in [0.05, 0.1) is 17.8 Å². The Morgan fingerprint density at radius 1 is 0.973 bits per heavy atom. The third-order valence-electron chi connectivity index (χ3n) is 6.29. The van der Waals surface area contributed by atoms with Gasteiger partial charge >= 0.3 is 5.97 Å². The Bertz CT molecular complexity index is 1300. The number of benzene rings is 3. The molecule has 192 valence electrons. The summed E-state index contributed by atoms with van der Waals surface area (Å²) in [6.07, 6.45) is -0.0940. The van der Waals surface area contributed by atoms with E-state index in [0.717, 1.165) is 25.2 Å². The van der Waals surface area contributed by atoms with Crippen LogP contribution < -0.4 is 5.32 Å². The zero-order valence-corrected chi connectivity index (χ0v) is 21.2. The second-order valence-electron chi connectivity index (χ2n) is 9.63. The summed E-state index contributed by atoms with van der Waals surface area (Å²) >= 11 is 0. The van der Waals surface area contributed by atoms with Crippen molar-refractivity contribution in [1.82, 2.24) is 9.80 Å². The third kappa shape index (κ3) is 6.67. The van der Waals surface area contributed by atoms with Gasteiger partial charge in [-0.05, 0) is 67.7 Å². The van der Waals surface area contributed by atoms with E-state index in [1.807, 2.05) is 24.3 Å². The first kappa shape index (κ1) is 26.2. The van der Waals surface area contributed by atoms with Gasteiger partial charge in [-0.1, -0.05) is 42.5 Å². The number of carbonyl (C=O) groups is 2. The molecular weight excluding hydrogens is 471 g/mol. The van der Waals surface area contributed by atoms with E-state index in [0.29, 0.717) is 33.8 Å². The fourth-order valence-electron chi connectivity index (χ4n) is 4.35. The molecule has 0 bridgehead atoms. The van der Waals surface area contributed by atoms with E-state index in [-0.39, 0.29) is 12.3 Å². The van der Waals surface area contributed by atoms with Crippen LogP contribution in [-0.4, -0.2) is 66.7 Å². The number of anilines is 1. The average Bonchev–Trinajstić information content (AvgIpc) is 3.17. The van der Waals surface area contributed by atoms with Crippen molar-refractivity contribution in [3.05, 3.63) is 94.8 Å². The number of nitrogens with one attached hydrogen (secondary N) is 1. The highest BCUT2D eigenvalue weighted by atomic mass is 19.1. The van der Waals surface area contributed by atoms with Crippen molar-refractivity contribution in [1.29, 1.82) is 0 Å². The summed E-state index contributed by atoms with van der Waals surface area (Å²) < 4.78 is 13.8. The maximum atomic E-state index is 13.8. The molecular formula is C29H31FN4O3. The average molecular weight is 503 g/mol. The third-order valence-corrected chi connectivity index (χ3v) is 6.29. The first-order valence-electron chi connectivity index (χ1n) is 12.1. The Hall–Kier alpha value is -3.88. The summed E-state index contributed by atoms with van der Waals surface area (Å²) in [4.78, 5) is 33.4. The number of nitrogens with zero attached hydrogens (tertiary/aromatic N) is 3. The summed E-state index contributed by atoms with van der Waals surface area (Å²) in [6.45, 7) is 2.73. The number of hydrogen-bond donors (Lipinski definition) is 2. The van der Waals surface area contributed by atoms with Crippen LogP contribution in [0, 0.1) is 5.82 Å². The smallest absolute Gasteiger partial charge is 0.307 e. The van der Waals surface area contributed by atoms with Crippen LogP contribution in [0.5, 0.6) is 0 Å². The van der Waals surface area contributed by atoms with E-state index >= 15 is 0 Å². The minimum Gasteiger partial charge on any atom is -0.481 e. The van der Waals surface area contributed by atoms with Crippen LogP contribution in [0.2, 0.25) is 0 Å². The number of carbonyl (C=O) groups excluding carboxylic acids is 1. The lowest BCUT2D eigenvalue weighted by atomic mass is 9.90. The largest absolute Gasteiger partial charge is 0.481 e. The van der Waals surface area contributed by atoms with Crippen molar-refractivity contribution < 1.29 is 19.1 Å². The number of halogens is 1. The highest BCUT2D eigenvalue weighted by Crippen LogP contribution is 2.36. The van der Waals surface area contributed by atoms with Gasteiger partial charge in [-0.2, -0.15) is 0 Å². The monoisotopic (exact) mass is 502 g/mol. The minimum atomic E-state index is -0.916. The number of aliphatic carboxylic acids is 1. The molecule has 0 aliphatic carbocycles. The molecule has 7 nitrogen and oxygen atoms in total. The minimum absolute atomic E-state index is 0.0940. The molecule has 0 saturated heterocycles. The molecule has 0 saturated carbocycles. The van der Waals surface area contributed by atoms with Gasteiger partial charge in [0.2, 0.25) is 5.91 Å². The Morgan fingerprint density at radius 2 is 1.65 bits per heavy atom. The molecule has 8 heteroatoms. The molecule has 37 heavy (non-hydrogen) atoms. The number of aliphatic imine (C=N–C) groups is 1. The van der Waals surface area contributed by atoms with Gasteiger partial charge < -0.3 is 20.2 Å². The molecule has 2 N–H and O–H groups in total. The predicted molar refractivity (Wildman–Crippen MR) is 143 cm³/mol. The van der Waals surface area contributed by atoms with E-state index in [9.17, 15) is 14.0 Å². The van der Waals surface area contributed by atoms with Crippen LogP contribution in [0.25, 0.3) is 0 Å². The van der Waals surface area contributed by atoms with Crippen molar-refractivity contribution in [2.75, 3.05) is 39.5 Å². The second-order valence-corrected chi connectivity index (χ2v) is 9.63.